The molecule has 0 spiro atoms. The highest BCUT2D eigenvalue weighted by Crippen LogP contribution is 2.28. The molecule has 0 aliphatic carbocycles. The Morgan fingerprint density at radius 1 is 1.36 bits per heavy atom. The van der Waals surface area contributed by atoms with Crippen molar-refractivity contribution in [2.45, 2.75) is 24.7 Å². The van der Waals surface area contributed by atoms with Gasteiger partial charge in [-0.25, -0.2) is 0 Å². The van der Waals surface area contributed by atoms with E-state index in [1.165, 1.54) is 12.1 Å². The number of hydrogen-bond acceptors (Lipinski definition) is 2. The summed E-state index contributed by atoms with van der Waals surface area (Å²) in [6.07, 6.45) is 1.67. The summed E-state index contributed by atoms with van der Waals surface area (Å²) in [7, 11) is 0. The molecule has 0 heterocycles. The normalized spacial score (nSPS) is 12.9. The topological polar surface area (TPSA) is 40.1 Å². The van der Waals surface area contributed by atoms with E-state index >= 15 is 0 Å². The van der Waals surface area contributed by atoms with Gasteiger partial charge in [-0.1, -0.05) is 36.5 Å². The zero-order valence-corrected chi connectivity index (χ0v) is 9.88. The van der Waals surface area contributed by atoms with Gasteiger partial charge in [0.05, 0.1) is 0 Å². The van der Waals surface area contributed by atoms with Crippen LogP contribution in [0.15, 0.2) is 17.0 Å². The second kappa shape index (κ2) is 5.12. The van der Waals surface area contributed by atoms with Gasteiger partial charge in [-0.2, -0.15) is 0 Å². The molecule has 1 atom stereocenters. The molecule has 0 aliphatic rings. The van der Waals surface area contributed by atoms with Crippen LogP contribution in [0.5, 0.6) is 0 Å². The second-order valence-corrected chi connectivity index (χ2v) is 4.61. The fourth-order valence-electron chi connectivity index (χ4n) is 1.16. The Morgan fingerprint density at radius 2 is 1.86 bits per heavy atom. The largest absolute Gasteiger partial charge is 0.768 e. The van der Waals surface area contributed by atoms with E-state index in [9.17, 15) is 8.76 Å². The highest BCUT2D eigenvalue weighted by Gasteiger charge is 2.07. The van der Waals surface area contributed by atoms with Gasteiger partial charge in [0.2, 0.25) is 0 Å². The monoisotopic (exact) mass is 251 g/mol. The Kier molecular flexibility index (Phi) is 4.38. The standard InChI is InChI=1S/C9H10Cl2O2S/c1-2-3-7-8(10)4-6(14(12)13)5-9(7)11/h4-5H,2-3H2,1H3,(H,12,13)/p-1. The fraction of sp³-hybridized carbons (Fsp3) is 0.333. The zero-order chi connectivity index (χ0) is 10.7. The maximum Gasteiger partial charge on any atom is 0.0464 e. The quantitative estimate of drug-likeness (QED) is 0.775. The van der Waals surface area contributed by atoms with Crippen LogP contribution in [0, 0.1) is 0 Å². The molecule has 1 aromatic rings. The van der Waals surface area contributed by atoms with Crippen molar-refractivity contribution in [3.05, 3.63) is 27.7 Å². The van der Waals surface area contributed by atoms with E-state index in [1.54, 1.807) is 0 Å². The number of halogens is 2. The van der Waals surface area contributed by atoms with Crippen molar-refractivity contribution in [3.63, 3.8) is 0 Å². The summed E-state index contributed by atoms with van der Waals surface area (Å²) in [6.45, 7) is 2.01. The van der Waals surface area contributed by atoms with Gasteiger partial charge in [0, 0.05) is 14.9 Å². The van der Waals surface area contributed by atoms with Gasteiger partial charge in [-0.3, -0.25) is 4.21 Å². The first-order valence-electron chi connectivity index (χ1n) is 4.13. The molecule has 5 heteroatoms. The minimum Gasteiger partial charge on any atom is -0.768 e. The van der Waals surface area contributed by atoms with Crippen LogP contribution in [0.4, 0.5) is 0 Å². The average molecular weight is 252 g/mol. The van der Waals surface area contributed by atoms with Crippen molar-refractivity contribution in [1.82, 2.24) is 0 Å². The Hall–Kier alpha value is -0.0900. The fourth-order valence-corrected chi connectivity index (χ4v) is 2.40. The third kappa shape index (κ3) is 2.70. The molecule has 0 saturated heterocycles. The van der Waals surface area contributed by atoms with Crippen LogP contribution in [0.25, 0.3) is 0 Å². The van der Waals surface area contributed by atoms with Crippen molar-refractivity contribution in [2.75, 3.05) is 0 Å². The molecule has 1 unspecified atom stereocenters. The van der Waals surface area contributed by atoms with E-state index in [4.69, 9.17) is 23.2 Å². The molecular formula is C9H9Cl2O2S-. The van der Waals surface area contributed by atoms with Crippen LogP contribution in [-0.2, 0) is 17.5 Å². The van der Waals surface area contributed by atoms with E-state index in [0.29, 0.717) is 10.0 Å². The van der Waals surface area contributed by atoms with Gasteiger partial charge in [0.25, 0.3) is 0 Å². The summed E-state index contributed by atoms with van der Waals surface area (Å²) < 4.78 is 21.3. The van der Waals surface area contributed by atoms with Gasteiger partial charge >= 0.3 is 0 Å². The molecule has 0 saturated carbocycles. The molecule has 0 bridgehead atoms. The first-order chi connectivity index (χ1) is 6.56. The van der Waals surface area contributed by atoms with Crippen molar-refractivity contribution in [1.29, 1.82) is 0 Å². The van der Waals surface area contributed by atoms with Gasteiger partial charge in [0.1, 0.15) is 0 Å². The summed E-state index contributed by atoms with van der Waals surface area (Å²) in [4.78, 5) is 0.125. The summed E-state index contributed by atoms with van der Waals surface area (Å²) in [5.74, 6) is 0. The number of benzene rings is 1. The predicted octanol–water partition coefficient (Wildman–Crippen LogP) is 3.18. The average Bonchev–Trinajstić information content (AvgIpc) is 2.10. The van der Waals surface area contributed by atoms with E-state index in [2.05, 4.69) is 0 Å². The van der Waals surface area contributed by atoms with Crippen molar-refractivity contribution >= 4 is 34.3 Å². The lowest BCUT2D eigenvalue weighted by atomic mass is 10.1. The Morgan fingerprint density at radius 3 is 2.21 bits per heavy atom. The molecule has 1 aromatic carbocycles. The smallest absolute Gasteiger partial charge is 0.0464 e. The van der Waals surface area contributed by atoms with Crippen LogP contribution in [0.3, 0.4) is 0 Å². The molecule has 2 nitrogen and oxygen atoms in total. The molecule has 0 amide bonds. The third-order valence-electron chi connectivity index (χ3n) is 1.81. The van der Waals surface area contributed by atoms with Crippen molar-refractivity contribution < 1.29 is 8.76 Å². The van der Waals surface area contributed by atoms with E-state index in [-0.39, 0.29) is 4.90 Å². The molecule has 0 aromatic heterocycles. The van der Waals surface area contributed by atoms with E-state index < -0.39 is 11.1 Å². The van der Waals surface area contributed by atoms with Crippen LogP contribution < -0.4 is 0 Å². The molecule has 78 valence electrons. The minimum absolute atomic E-state index is 0.125. The minimum atomic E-state index is -2.28. The van der Waals surface area contributed by atoms with Crippen LogP contribution in [0.1, 0.15) is 18.9 Å². The molecule has 14 heavy (non-hydrogen) atoms. The van der Waals surface area contributed by atoms with Gasteiger partial charge in [-0.05, 0) is 35.2 Å². The Balaban J connectivity index is 3.18. The van der Waals surface area contributed by atoms with Gasteiger partial charge < -0.3 is 4.55 Å². The summed E-state index contributed by atoms with van der Waals surface area (Å²) >= 11 is 9.52. The van der Waals surface area contributed by atoms with Crippen molar-refractivity contribution in [3.8, 4) is 0 Å². The summed E-state index contributed by atoms with van der Waals surface area (Å²) in [6, 6.07) is 2.84. The zero-order valence-electron chi connectivity index (χ0n) is 7.55. The highest BCUT2D eigenvalue weighted by atomic mass is 35.5. The third-order valence-corrected chi connectivity index (χ3v) is 3.10. The van der Waals surface area contributed by atoms with Crippen LogP contribution >= 0.6 is 23.2 Å². The predicted molar refractivity (Wildman–Crippen MR) is 57.6 cm³/mol. The lowest BCUT2D eigenvalue weighted by Crippen LogP contribution is -1.93. The van der Waals surface area contributed by atoms with Gasteiger partial charge in [0.15, 0.2) is 0 Å². The van der Waals surface area contributed by atoms with E-state index in [0.717, 1.165) is 18.4 Å². The Labute approximate surface area is 95.5 Å². The maximum atomic E-state index is 10.7. The molecule has 0 aliphatic heterocycles. The lowest BCUT2D eigenvalue weighted by Gasteiger charge is -2.10. The molecule has 0 N–H and O–H groups in total. The number of hydrogen-bond donors (Lipinski definition) is 0. The lowest BCUT2D eigenvalue weighted by molar-refractivity contribution is 0.537. The molecular weight excluding hydrogens is 243 g/mol. The Bertz CT molecular complexity index is 343. The second-order valence-electron chi connectivity index (χ2n) is 2.85. The maximum absolute atomic E-state index is 10.7. The SMILES string of the molecule is CCCc1c(Cl)cc(S(=O)[O-])cc1Cl. The van der Waals surface area contributed by atoms with Crippen LogP contribution in [-0.4, -0.2) is 8.76 Å². The molecule has 1 rings (SSSR count). The van der Waals surface area contributed by atoms with Gasteiger partial charge in [-0.15, -0.1) is 0 Å². The summed E-state index contributed by atoms with van der Waals surface area (Å²) in [5, 5.41) is 0.831. The first kappa shape index (κ1) is 12.0. The highest BCUT2D eigenvalue weighted by molar-refractivity contribution is 7.79. The molecule has 0 radical (unpaired) electrons. The molecule has 0 fully saturated rings. The summed E-state index contributed by atoms with van der Waals surface area (Å²) in [5.41, 5.74) is 0.810. The van der Waals surface area contributed by atoms with Crippen molar-refractivity contribution in [2.24, 2.45) is 0 Å². The first-order valence-corrected chi connectivity index (χ1v) is 5.96. The number of rotatable bonds is 3. The van der Waals surface area contributed by atoms with E-state index in [1.807, 2.05) is 6.92 Å². The van der Waals surface area contributed by atoms with Crippen LogP contribution in [0.2, 0.25) is 10.0 Å².